The molecule has 1 aromatic heterocycles. The van der Waals surface area contributed by atoms with Crippen molar-refractivity contribution in [2.24, 2.45) is 0 Å². The van der Waals surface area contributed by atoms with Crippen LogP contribution < -0.4 is 0 Å². The van der Waals surface area contributed by atoms with Crippen LogP contribution in [0.4, 0.5) is 0 Å². The van der Waals surface area contributed by atoms with Crippen molar-refractivity contribution >= 4 is 28.8 Å². The average Bonchev–Trinajstić information content (AvgIpc) is 2.76. The Morgan fingerprint density at radius 2 is 2.12 bits per heavy atom. The van der Waals surface area contributed by atoms with Gasteiger partial charge in [0, 0.05) is 26.2 Å². The molecule has 2 rings (SSSR count). The molecule has 1 amide bonds. The quantitative estimate of drug-likeness (QED) is 0.738. The van der Waals surface area contributed by atoms with Crippen LogP contribution in [0, 0.1) is 12.3 Å². The summed E-state index contributed by atoms with van der Waals surface area (Å²) in [7, 11) is 0. The van der Waals surface area contributed by atoms with Crippen molar-refractivity contribution in [1.29, 1.82) is 0 Å². The van der Waals surface area contributed by atoms with E-state index < -0.39 is 0 Å². The predicted molar refractivity (Wildman–Crippen MR) is 66.1 cm³/mol. The van der Waals surface area contributed by atoms with Crippen molar-refractivity contribution in [2.75, 3.05) is 32.7 Å². The van der Waals surface area contributed by atoms with Gasteiger partial charge in [-0.25, -0.2) is 0 Å². The number of aromatic nitrogens is 2. The molecular weight excluding hydrogens is 260 g/mol. The molecule has 2 heterocycles. The van der Waals surface area contributed by atoms with Crippen molar-refractivity contribution in [2.45, 2.75) is 0 Å². The van der Waals surface area contributed by atoms with Crippen LogP contribution in [-0.4, -0.2) is 58.6 Å². The first kappa shape index (κ1) is 12.3. The minimum atomic E-state index is -0.102. The van der Waals surface area contributed by atoms with Gasteiger partial charge in [0.05, 0.1) is 6.54 Å². The fraction of sp³-hybridized carbons (Fsp3) is 0.500. The van der Waals surface area contributed by atoms with Crippen LogP contribution in [0.15, 0.2) is 0 Å². The smallest absolute Gasteiger partial charge is 0.284 e. The fourth-order valence-corrected chi connectivity index (χ4v) is 2.46. The highest BCUT2D eigenvalue weighted by Crippen LogP contribution is 2.17. The van der Waals surface area contributed by atoms with E-state index in [2.05, 4.69) is 21.0 Å². The first-order chi connectivity index (χ1) is 8.20. The maximum absolute atomic E-state index is 12.0. The summed E-state index contributed by atoms with van der Waals surface area (Å²) in [4.78, 5) is 15.9. The zero-order valence-electron chi connectivity index (χ0n) is 9.10. The van der Waals surface area contributed by atoms with Gasteiger partial charge in [0.1, 0.15) is 0 Å². The number of hydrogen-bond acceptors (Lipinski definition) is 5. The summed E-state index contributed by atoms with van der Waals surface area (Å²) in [5, 5.41) is 7.72. The van der Waals surface area contributed by atoms with Gasteiger partial charge in [-0.2, -0.15) is 0 Å². The van der Waals surface area contributed by atoms with E-state index in [-0.39, 0.29) is 5.91 Å². The van der Waals surface area contributed by atoms with Gasteiger partial charge in [0.2, 0.25) is 9.47 Å². The number of terminal acetylenes is 1. The Morgan fingerprint density at radius 1 is 1.41 bits per heavy atom. The molecular formula is C10H11ClN4OS. The minimum Gasteiger partial charge on any atom is -0.334 e. The molecule has 0 atom stereocenters. The first-order valence-corrected chi connectivity index (χ1v) is 6.34. The molecule has 7 heteroatoms. The second kappa shape index (κ2) is 5.45. The van der Waals surface area contributed by atoms with Crippen LogP contribution in [0.1, 0.15) is 9.80 Å². The molecule has 0 unspecified atom stereocenters. The van der Waals surface area contributed by atoms with Crippen LogP contribution in [0.5, 0.6) is 0 Å². The maximum Gasteiger partial charge on any atom is 0.284 e. The molecule has 1 aliphatic rings. The third-order valence-corrected chi connectivity index (χ3v) is 3.56. The van der Waals surface area contributed by atoms with Crippen LogP contribution in [0.2, 0.25) is 4.47 Å². The van der Waals surface area contributed by atoms with Gasteiger partial charge in [-0.3, -0.25) is 9.69 Å². The van der Waals surface area contributed by atoms with Gasteiger partial charge in [0.15, 0.2) is 0 Å². The molecule has 90 valence electrons. The third-order valence-electron chi connectivity index (χ3n) is 2.56. The lowest BCUT2D eigenvalue weighted by Gasteiger charge is -2.33. The minimum absolute atomic E-state index is 0.102. The number of hydrogen-bond donors (Lipinski definition) is 0. The topological polar surface area (TPSA) is 49.3 Å². The molecule has 1 saturated heterocycles. The van der Waals surface area contributed by atoms with Gasteiger partial charge in [-0.1, -0.05) is 17.3 Å². The van der Waals surface area contributed by atoms with E-state index >= 15 is 0 Å². The molecule has 1 aliphatic heterocycles. The number of carbonyl (C=O) groups excluding carboxylic acids is 1. The molecule has 5 nitrogen and oxygen atoms in total. The normalized spacial score (nSPS) is 16.8. The Bertz CT molecular complexity index is 447. The molecule has 0 radical (unpaired) electrons. The van der Waals surface area contributed by atoms with E-state index in [9.17, 15) is 4.79 Å². The summed E-state index contributed by atoms with van der Waals surface area (Å²) in [5.41, 5.74) is 0. The summed E-state index contributed by atoms with van der Waals surface area (Å²) >= 11 is 6.76. The Labute approximate surface area is 108 Å². The molecule has 0 saturated carbocycles. The lowest BCUT2D eigenvalue weighted by Crippen LogP contribution is -2.48. The third kappa shape index (κ3) is 2.94. The van der Waals surface area contributed by atoms with Crippen molar-refractivity contribution in [3.63, 3.8) is 0 Å². The highest BCUT2D eigenvalue weighted by molar-refractivity contribution is 7.17. The number of rotatable bonds is 2. The summed E-state index contributed by atoms with van der Waals surface area (Å²) in [5.74, 6) is 2.50. The molecule has 0 N–H and O–H groups in total. The highest BCUT2D eigenvalue weighted by atomic mass is 35.5. The van der Waals surface area contributed by atoms with Crippen molar-refractivity contribution < 1.29 is 4.79 Å². The molecule has 0 aromatic carbocycles. The van der Waals surface area contributed by atoms with E-state index in [1.165, 1.54) is 0 Å². The Hall–Kier alpha value is -1.16. The molecule has 17 heavy (non-hydrogen) atoms. The largest absolute Gasteiger partial charge is 0.334 e. The van der Waals surface area contributed by atoms with E-state index in [1.54, 1.807) is 4.90 Å². The molecule has 0 bridgehead atoms. The summed E-state index contributed by atoms with van der Waals surface area (Å²) in [6.45, 7) is 3.55. The predicted octanol–water partition coefficient (Wildman–Crippen LogP) is 0.583. The summed E-state index contributed by atoms with van der Waals surface area (Å²) < 4.78 is 0.291. The first-order valence-electron chi connectivity index (χ1n) is 5.15. The van der Waals surface area contributed by atoms with Crippen LogP contribution in [0.3, 0.4) is 0 Å². The number of halogens is 1. The van der Waals surface area contributed by atoms with E-state index in [1.807, 2.05) is 0 Å². The van der Waals surface area contributed by atoms with Crippen LogP contribution >= 0.6 is 22.9 Å². The van der Waals surface area contributed by atoms with Crippen molar-refractivity contribution in [3.05, 3.63) is 9.47 Å². The van der Waals surface area contributed by atoms with Crippen LogP contribution in [-0.2, 0) is 0 Å². The van der Waals surface area contributed by atoms with E-state index in [0.29, 0.717) is 29.1 Å². The number of carbonyl (C=O) groups is 1. The Morgan fingerprint density at radius 3 is 2.65 bits per heavy atom. The van der Waals surface area contributed by atoms with E-state index in [0.717, 1.165) is 24.4 Å². The Kier molecular flexibility index (Phi) is 3.94. The lowest BCUT2D eigenvalue weighted by atomic mass is 10.3. The Balaban J connectivity index is 1.93. The standard InChI is InChI=1S/C10H11ClN4OS/c1-2-3-14-4-6-15(7-5-14)9(16)8-12-13-10(11)17-8/h1H,3-7H2. The van der Waals surface area contributed by atoms with Crippen LogP contribution in [0.25, 0.3) is 0 Å². The summed E-state index contributed by atoms with van der Waals surface area (Å²) in [6, 6.07) is 0. The van der Waals surface area contributed by atoms with Gasteiger partial charge in [0.25, 0.3) is 5.91 Å². The average molecular weight is 271 g/mol. The van der Waals surface area contributed by atoms with Gasteiger partial charge in [-0.05, 0) is 11.6 Å². The second-order valence-corrected chi connectivity index (χ2v) is 5.19. The molecule has 1 aromatic rings. The molecule has 0 spiro atoms. The lowest BCUT2D eigenvalue weighted by molar-refractivity contribution is 0.0651. The maximum atomic E-state index is 12.0. The van der Waals surface area contributed by atoms with Crippen molar-refractivity contribution in [1.82, 2.24) is 20.0 Å². The number of amides is 1. The highest BCUT2D eigenvalue weighted by Gasteiger charge is 2.24. The van der Waals surface area contributed by atoms with E-state index in [4.69, 9.17) is 18.0 Å². The van der Waals surface area contributed by atoms with Gasteiger partial charge < -0.3 is 4.90 Å². The molecule has 0 aliphatic carbocycles. The van der Waals surface area contributed by atoms with Crippen molar-refractivity contribution in [3.8, 4) is 12.3 Å². The number of piperazine rings is 1. The zero-order valence-corrected chi connectivity index (χ0v) is 10.7. The SMILES string of the molecule is C#CCN1CCN(C(=O)c2nnc(Cl)s2)CC1. The monoisotopic (exact) mass is 270 g/mol. The zero-order chi connectivity index (χ0) is 12.3. The van der Waals surface area contributed by atoms with Gasteiger partial charge >= 0.3 is 0 Å². The fourth-order valence-electron chi connectivity index (χ4n) is 1.67. The molecule has 1 fully saturated rings. The summed E-state index contributed by atoms with van der Waals surface area (Å²) in [6.07, 6.45) is 5.24. The van der Waals surface area contributed by atoms with Gasteiger partial charge in [-0.15, -0.1) is 16.6 Å². The second-order valence-electron chi connectivity index (χ2n) is 3.63. The number of nitrogens with zero attached hydrogens (tertiary/aromatic N) is 4.